The topological polar surface area (TPSA) is 44.8 Å². The van der Waals surface area contributed by atoms with E-state index in [-0.39, 0.29) is 5.97 Å². The van der Waals surface area contributed by atoms with Gasteiger partial charge in [-0.3, -0.25) is 4.79 Å². The van der Waals surface area contributed by atoms with Gasteiger partial charge >= 0.3 is 5.97 Å². The molecule has 4 heteroatoms. The van der Waals surface area contributed by atoms with Crippen LogP contribution in [-0.2, 0) is 14.3 Å². The fraction of sp³-hybridized carbons (Fsp3) is 0.500. The van der Waals surface area contributed by atoms with Gasteiger partial charge in [-0.15, -0.1) is 0 Å². The zero-order valence-electron chi connectivity index (χ0n) is 11.5. The molecule has 0 amide bonds. The van der Waals surface area contributed by atoms with Crippen molar-refractivity contribution in [3.8, 4) is 5.75 Å². The van der Waals surface area contributed by atoms with Crippen molar-refractivity contribution in [1.29, 1.82) is 0 Å². The maximum absolute atomic E-state index is 11.8. The third-order valence-electron chi connectivity index (χ3n) is 2.38. The Morgan fingerprint density at radius 2 is 1.78 bits per heavy atom. The average Bonchev–Trinajstić information content (AvgIpc) is 2.30. The molecule has 100 valence electrons. The Kier molecular flexibility index (Phi) is 4.87. The van der Waals surface area contributed by atoms with E-state index in [0.29, 0.717) is 5.75 Å². The van der Waals surface area contributed by atoms with E-state index in [9.17, 15) is 4.79 Å². The molecule has 0 spiro atoms. The molecule has 0 atom stereocenters. The van der Waals surface area contributed by atoms with Crippen molar-refractivity contribution in [3.05, 3.63) is 29.8 Å². The van der Waals surface area contributed by atoms with Crippen molar-refractivity contribution >= 4 is 5.97 Å². The molecule has 0 saturated carbocycles. The number of rotatable bonds is 4. The van der Waals surface area contributed by atoms with Crippen molar-refractivity contribution < 1.29 is 19.0 Å². The molecule has 1 aromatic carbocycles. The quantitative estimate of drug-likeness (QED) is 0.469. The lowest BCUT2D eigenvalue weighted by atomic mass is 9.97. The standard InChI is InChI=1S/C14H20O4/c1-14(2,3)13(15)18-11-8-6-7-10(9-11)12(16-4)17-5/h6-9,12H,1-5H3. The lowest BCUT2D eigenvalue weighted by molar-refractivity contribution is -0.143. The number of hydrogen-bond donors (Lipinski definition) is 0. The van der Waals surface area contributed by atoms with Gasteiger partial charge in [0.15, 0.2) is 6.29 Å². The monoisotopic (exact) mass is 252 g/mol. The van der Waals surface area contributed by atoms with Crippen molar-refractivity contribution in [2.75, 3.05) is 14.2 Å². The van der Waals surface area contributed by atoms with Crippen LogP contribution in [0.3, 0.4) is 0 Å². The summed E-state index contributed by atoms with van der Waals surface area (Å²) < 4.78 is 15.6. The predicted molar refractivity (Wildman–Crippen MR) is 68.3 cm³/mol. The second-order valence-corrected chi connectivity index (χ2v) is 5.02. The SMILES string of the molecule is COC(OC)c1cccc(OC(=O)C(C)(C)C)c1. The summed E-state index contributed by atoms with van der Waals surface area (Å²) >= 11 is 0. The van der Waals surface area contributed by atoms with Crippen molar-refractivity contribution in [3.63, 3.8) is 0 Å². The third-order valence-corrected chi connectivity index (χ3v) is 2.38. The molecule has 0 aromatic heterocycles. The highest BCUT2D eigenvalue weighted by Gasteiger charge is 2.24. The first-order valence-electron chi connectivity index (χ1n) is 5.76. The van der Waals surface area contributed by atoms with Crippen LogP contribution >= 0.6 is 0 Å². The summed E-state index contributed by atoms with van der Waals surface area (Å²) in [5.74, 6) is 0.220. The average molecular weight is 252 g/mol. The lowest BCUT2D eigenvalue weighted by Gasteiger charge is -2.18. The normalized spacial score (nSPS) is 11.7. The first-order chi connectivity index (χ1) is 8.38. The number of esters is 1. The molecule has 0 unspecified atom stereocenters. The van der Waals surface area contributed by atoms with Crippen LogP contribution < -0.4 is 4.74 Å². The van der Waals surface area contributed by atoms with Gasteiger partial charge in [0.25, 0.3) is 0 Å². The predicted octanol–water partition coefficient (Wildman–Crippen LogP) is 2.93. The van der Waals surface area contributed by atoms with Gasteiger partial charge in [-0.25, -0.2) is 0 Å². The van der Waals surface area contributed by atoms with Crippen molar-refractivity contribution in [2.24, 2.45) is 5.41 Å². The van der Waals surface area contributed by atoms with Crippen molar-refractivity contribution in [1.82, 2.24) is 0 Å². The van der Waals surface area contributed by atoms with Gasteiger partial charge in [-0.1, -0.05) is 12.1 Å². The van der Waals surface area contributed by atoms with Gasteiger partial charge in [0.2, 0.25) is 0 Å². The van der Waals surface area contributed by atoms with Crippen LogP contribution in [0, 0.1) is 5.41 Å². The Labute approximate surface area is 108 Å². The molecule has 1 rings (SSSR count). The molecule has 1 aromatic rings. The fourth-order valence-electron chi connectivity index (χ4n) is 1.35. The molecule has 0 aliphatic rings. The van der Waals surface area contributed by atoms with E-state index >= 15 is 0 Å². The highest BCUT2D eigenvalue weighted by Crippen LogP contribution is 2.24. The van der Waals surface area contributed by atoms with Crippen LogP contribution in [0.5, 0.6) is 5.75 Å². The summed E-state index contributed by atoms with van der Waals surface area (Å²) in [6.07, 6.45) is -0.460. The van der Waals surface area contributed by atoms with E-state index < -0.39 is 11.7 Å². The summed E-state index contributed by atoms with van der Waals surface area (Å²) in [5.41, 5.74) is 0.275. The molecule has 0 aliphatic carbocycles. The van der Waals surface area contributed by atoms with Gasteiger partial charge in [0.05, 0.1) is 5.41 Å². The zero-order valence-corrected chi connectivity index (χ0v) is 11.5. The molecule has 0 saturated heterocycles. The summed E-state index contributed by atoms with van der Waals surface area (Å²) in [4.78, 5) is 11.8. The first kappa shape index (κ1) is 14.7. The number of carbonyl (C=O) groups is 1. The van der Waals surface area contributed by atoms with E-state index in [1.165, 1.54) is 0 Å². The second-order valence-electron chi connectivity index (χ2n) is 5.02. The Bertz CT molecular complexity index is 403. The van der Waals surface area contributed by atoms with E-state index in [0.717, 1.165) is 5.56 Å². The molecule has 0 fully saturated rings. The van der Waals surface area contributed by atoms with Crippen LogP contribution in [-0.4, -0.2) is 20.2 Å². The highest BCUT2D eigenvalue weighted by molar-refractivity contribution is 5.77. The minimum Gasteiger partial charge on any atom is -0.426 e. The number of hydrogen-bond acceptors (Lipinski definition) is 4. The fourth-order valence-corrected chi connectivity index (χ4v) is 1.35. The van der Waals surface area contributed by atoms with Crippen LogP contribution in [0.15, 0.2) is 24.3 Å². The second kappa shape index (κ2) is 5.98. The van der Waals surface area contributed by atoms with Crippen LogP contribution in [0.1, 0.15) is 32.6 Å². The molecular formula is C14H20O4. The molecule has 4 nitrogen and oxygen atoms in total. The van der Waals surface area contributed by atoms with Gasteiger partial charge in [0.1, 0.15) is 5.75 Å². The van der Waals surface area contributed by atoms with Crippen LogP contribution in [0.2, 0.25) is 0 Å². The minimum atomic E-state index is -0.530. The molecule has 0 aliphatic heterocycles. The van der Waals surface area contributed by atoms with Crippen LogP contribution in [0.25, 0.3) is 0 Å². The van der Waals surface area contributed by atoms with Crippen molar-refractivity contribution in [2.45, 2.75) is 27.1 Å². The highest BCUT2D eigenvalue weighted by atomic mass is 16.7. The smallest absolute Gasteiger partial charge is 0.316 e. The molecule has 0 N–H and O–H groups in total. The van der Waals surface area contributed by atoms with E-state index in [1.807, 2.05) is 26.8 Å². The van der Waals surface area contributed by atoms with Gasteiger partial charge in [-0.05, 0) is 32.9 Å². The Balaban J connectivity index is 2.86. The summed E-state index contributed by atoms with van der Waals surface area (Å²) in [7, 11) is 3.12. The number of carbonyl (C=O) groups excluding carboxylic acids is 1. The van der Waals surface area contributed by atoms with E-state index in [1.54, 1.807) is 32.4 Å². The molecule has 0 radical (unpaired) electrons. The maximum Gasteiger partial charge on any atom is 0.316 e. The van der Waals surface area contributed by atoms with Gasteiger partial charge in [0, 0.05) is 19.8 Å². The Hall–Kier alpha value is -1.39. The Morgan fingerprint density at radius 3 is 2.28 bits per heavy atom. The number of ether oxygens (including phenoxy) is 3. The number of methoxy groups -OCH3 is 2. The Morgan fingerprint density at radius 1 is 1.17 bits per heavy atom. The van der Waals surface area contributed by atoms with Crippen LogP contribution in [0.4, 0.5) is 0 Å². The largest absolute Gasteiger partial charge is 0.426 e. The van der Waals surface area contributed by atoms with Gasteiger partial charge < -0.3 is 14.2 Å². The molecule has 0 bridgehead atoms. The van der Waals surface area contributed by atoms with E-state index in [4.69, 9.17) is 14.2 Å². The summed E-state index contributed by atoms with van der Waals surface area (Å²) in [6, 6.07) is 7.12. The maximum atomic E-state index is 11.8. The summed E-state index contributed by atoms with van der Waals surface area (Å²) in [6.45, 7) is 5.44. The molecular weight excluding hydrogens is 232 g/mol. The zero-order chi connectivity index (χ0) is 13.8. The third kappa shape index (κ3) is 3.82. The van der Waals surface area contributed by atoms with E-state index in [2.05, 4.69) is 0 Å². The molecule has 18 heavy (non-hydrogen) atoms. The van der Waals surface area contributed by atoms with Gasteiger partial charge in [-0.2, -0.15) is 0 Å². The minimum absolute atomic E-state index is 0.272. The first-order valence-corrected chi connectivity index (χ1v) is 5.76. The summed E-state index contributed by atoms with van der Waals surface area (Å²) in [5, 5.41) is 0. The number of benzene rings is 1. The molecule has 0 heterocycles. The lowest BCUT2D eigenvalue weighted by Crippen LogP contribution is -2.25.